The number of hydrogen-bond donors (Lipinski definition) is 1. The average molecular weight is 471 g/mol. The van der Waals surface area contributed by atoms with E-state index in [9.17, 15) is 14.7 Å². The molecule has 0 radical (unpaired) electrons. The molecule has 1 aliphatic rings. The normalized spacial score (nSPS) is 17.7. The van der Waals surface area contributed by atoms with E-state index in [1.807, 2.05) is 58.9 Å². The van der Waals surface area contributed by atoms with Gasteiger partial charge in [0.05, 0.1) is 18.4 Å². The number of carbonyl (C=O) groups is 2. The predicted molar refractivity (Wildman–Crippen MR) is 137 cm³/mol. The number of aryl methyl sites for hydroxylation is 1. The molecule has 2 heterocycles. The van der Waals surface area contributed by atoms with Crippen LogP contribution in [0, 0.1) is 13.8 Å². The molecule has 1 aliphatic heterocycles. The molecule has 1 fully saturated rings. The number of nitrogens with zero attached hydrogens (tertiary/aromatic N) is 2. The van der Waals surface area contributed by atoms with Crippen LogP contribution in [0.4, 0.5) is 5.69 Å². The summed E-state index contributed by atoms with van der Waals surface area (Å²) in [7, 11) is 1.60. The Bertz CT molecular complexity index is 1340. The molecule has 0 bridgehead atoms. The van der Waals surface area contributed by atoms with Crippen LogP contribution in [0.15, 0.2) is 66.4 Å². The lowest BCUT2D eigenvalue weighted by atomic mass is 9.84. The maximum atomic E-state index is 13.4. The molecule has 1 saturated heterocycles. The molecule has 6 heteroatoms. The molecule has 35 heavy (non-hydrogen) atoms. The SMILES string of the molecule is COc1ccc(/C(O)=C2/C(=O)C(=O)N(c3cccc(C)c3C)C2c2ccccn2)cc1C(C)(C)C. The van der Waals surface area contributed by atoms with E-state index < -0.39 is 17.7 Å². The first-order valence-electron chi connectivity index (χ1n) is 11.5. The summed E-state index contributed by atoms with van der Waals surface area (Å²) in [5.41, 5.74) is 4.06. The zero-order valence-corrected chi connectivity index (χ0v) is 20.9. The fraction of sp³-hybridized carbons (Fsp3) is 0.276. The molecule has 2 aromatic carbocycles. The highest BCUT2D eigenvalue weighted by molar-refractivity contribution is 6.51. The van der Waals surface area contributed by atoms with Crippen LogP contribution in [0.2, 0.25) is 0 Å². The number of ether oxygens (including phenoxy) is 1. The van der Waals surface area contributed by atoms with E-state index in [1.54, 1.807) is 43.6 Å². The fourth-order valence-electron chi connectivity index (χ4n) is 4.49. The molecule has 1 unspecified atom stereocenters. The minimum atomic E-state index is -0.864. The summed E-state index contributed by atoms with van der Waals surface area (Å²) in [6.07, 6.45) is 1.61. The van der Waals surface area contributed by atoms with Crippen LogP contribution in [0.5, 0.6) is 5.75 Å². The molecule has 1 atom stereocenters. The van der Waals surface area contributed by atoms with Gasteiger partial charge >= 0.3 is 0 Å². The molecule has 0 saturated carbocycles. The third kappa shape index (κ3) is 4.20. The van der Waals surface area contributed by atoms with Crippen molar-refractivity contribution in [3.8, 4) is 5.75 Å². The number of carbonyl (C=O) groups excluding carboxylic acids is 2. The topological polar surface area (TPSA) is 79.7 Å². The van der Waals surface area contributed by atoms with Crippen molar-refractivity contribution in [2.45, 2.75) is 46.1 Å². The number of hydrogen-bond acceptors (Lipinski definition) is 5. The van der Waals surface area contributed by atoms with Gasteiger partial charge in [-0.1, -0.05) is 39.0 Å². The number of aliphatic hydroxyl groups excluding tert-OH is 1. The Morgan fingerprint density at radius 1 is 1.03 bits per heavy atom. The van der Waals surface area contributed by atoms with Gasteiger partial charge in [-0.25, -0.2) is 0 Å². The Labute approximate surface area is 205 Å². The molecule has 0 aliphatic carbocycles. The molecule has 0 spiro atoms. The number of methoxy groups -OCH3 is 1. The second-order valence-corrected chi connectivity index (χ2v) is 9.81. The fourth-order valence-corrected chi connectivity index (χ4v) is 4.49. The van der Waals surface area contributed by atoms with Crippen molar-refractivity contribution in [1.29, 1.82) is 0 Å². The zero-order chi connectivity index (χ0) is 25.5. The van der Waals surface area contributed by atoms with Gasteiger partial charge in [-0.2, -0.15) is 0 Å². The standard InChI is InChI=1S/C29H30N2O4/c1-17-10-9-12-22(18(17)2)31-25(21-11-7-8-15-30-21)24(27(33)28(31)34)26(32)19-13-14-23(35-6)20(16-19)29(3,4)5/h7-16,25,32H,1-6H3/b26-24-. The van der Waals surface area contributed by atoms with Gasteiger partial charge in [-0.15, -0.1) is 0 Å². The number of benzene rings is 2. The van der Waals surface area contributed by atoms with Gasteiger partial charge in [-0.3, -0.25) is 19.5 Å². The van der Waals surface area contributed by atoms with E-state index in [0.29, 0.717) is 22.7 Å². The van der Waals surface area contributed by atoms with Crippen molar-refractivity contribution in [3.05, 3.63) is 94.3 Å². The van der Waals surface area contributed by atoms with E-state index in [0.717, 1.165) is 16.7 Å². The van der Waals surface area contributed by atoms with Crippen molar-refractivity contribution in [3.63, 3.8) is 0 Å². The minimum absolute atomic E-state index is 0.0135. The lowest BCUT2D eigenvalue weighted by molar-refractivity contribution is -0.132. The van der Waals surface area contributed by atoms with Crippen LogP contribution in [0.3, 0.4) is 0 Å². The number of aliphatic hydroxyl groups is 1. The highest BCUT2D eigenvalue weighted by atomic mass is 16.5. The number of anilines is 1. The Morgan fingerprint density at radius 3 is 2.40 bits per heavy atom. The lowest BCUT2D eigenvalue weighted by Crippen LogP contribution is -2.30. The first-order valence-corrected chi connectivity index (χ1v) is 11.5. The third-order valence-electron chi connectivity index (χ3n) is 6.53. The monoisotopic (exact) mass is 470 g/mol. The van der Waals surface area contributed by atoms with Crippen LogP contribution in [0.25, 0.3) is 5.76 Å². The van der Waals surface area contributed by atoms with E-state index >= 15 is 0 Å². The summed E-state index contributed by atoms with van der Waals surface area (Å²) in [6, 6.07) is 15.4. The Kier molecular flexibility index (Phi) is 6.24. The lowest BCUT2D eigenvalue weighted by Gasteiger charge is -2.27. The number of ketones is 1. The second-order valence-electron chi connectivity index (χ2n) is 9.81. The summed E-state index contributed by atoms with van der Waals surface area (Å²) >= 11 is 0. The first-order chi connectivity index (χ1) is 16.6. The van der Waals surface area contributed by atoms with Gasteiger partial charge in [0, 0.05) is 23.0 Å². The van der Waals surface area contributed by atoms with Crippen molar-refractivity contribution >= 4 is 23.1 Å². The first kappa shape index (κ1) is 24.2. The second kappa shape index (κ2) is 9.02. The number of Topliss-reactive ketones (excluding diaryl/α,β-unsaturated/α-hetero) is 1. The minimum Gasteiger partial charge on any atom is -0.507 e. The van der Waals surface area contributed by atoms with Crippen molar-refractivity contribution in [2.75, 3.05) is 12.0 Å². The number of rotatable bonds is 4. The Morgan fingerprint density at radius 2 is 1.77 bits per heavy atom. The van der Waals surface area contributed by atoms with Crippen molar-refractivity contribution in [1.82, 2.24) is 4.98 Å². The van der Waals surface area contributed by atoms with Gasteiger partial charge in [-0.05, 0) is 66.8 Å². The van der Waals surface area contributed by atoms with Crippen LogP contribution in [-0.4, -0.2) is 28.9 Å². The maximum Gasteiger partial charge on any atom is 0.300 e. The number of amides is 1. The van der Waals surface area contributed by atoms with Gasteiger partial charge in [0.25, 0.3) is 11.7 Å². The van der Waals surface area contributed by atoms with Crippen molar-refractivity contribution < 1.29 is 19.4 Å². The summed E-state index contributed by atoms with van der Waals surface area (Å²) in [6.45, 7) is 10.0. The van der Waals surface area contributed by atoms with Gasteiger partial charge in [0.1, 0.15) is 17.6 Å². The molecule has 1 N–H and O–H groups in total. The van der Waals surface area contributed by atoms with Gasteiger partial charge in [0.15, 0.2) is 0 Å². The van der Waals surface area contributed by atoms with Crippen LogP contribution in [-0.2, 0) is 15.0 Å². The summed E-state index contributed by atoms with van der Waals surface area (Å²) in [5.74, 6) is -0.987. The Hall–Kier alpha value is -3.93. The average Bonchev–Trinajstić information content (AvgIpc) is 3.10. The zero-order valence-electron chi connectivity index (χ0n) is 20.9. The molecular weight excluding hydrogens is 440 g/mol. The highest BCUT2D eigenvalue weighted by Gasteiger charge is 2.48. The molecule has 180 valence electrons. The largest absolute Gasteiger partial charge is 0.507 e. The van der Waals surface area contributed by atoms with E-state index in [-0.39, 0.29) is 16.7 Å². The smallest absolute Gasteiger partial charge is 0.300 e. The summed E-state index contributed by atoms with van der Waals surface area (Å²) in [4.78, 5) is 32.7. The molecular formula is C29H30N2O4. The molecule has 4 rings (SSSR count). The predicted octanol–water partition coefficient (Wildman–Crippen LogP) is 5.63. The van der Waals surface area contributed by atoms with Crippen molar-refractivity contribution in [2.24, 2.45) is 0 Å². The van der Waals surface area contributed by atoms with Crippen LogP contribution in [0.1, 0.15) is 54.8 Å². The summed E-state index contributed by atoms with van der Waals surface area (Å²) in [5, 5.41) is 11.5. The molecule has 6 nitrogen and oxygen atoms in total. The maximum absolute atomic E-state index is 13.4. The molecule has 1 aromatic heterocycles. The van der Waals surface area contributed by atoms with E-state index in [1.165, 1.54) is 4.90 Å². The van der Waals surface area contributed by atoms with Gasteiger partial charge < -0.3 is 9.84 Å². The van der Waals surface area contributed by atoms with Gasteiger partial charge in [0.2, 0.25) is 0 Å². The number of pyridine rings is 1. The highest BCUT2D eigenvalue weighted by Crippen LogP contribution is 2.43. The molecule has 3 aromatic rings. The third-order valence-corrected chi connectivity index (χ3v) is 6.53. The van der Waals surface area contributed by atoms with Crippen LogP contribution >= 0.6 is 0 Å². The van der Waals surface area contributed by atoms with E-state index in [2.05, 4.69) is 4.98 Å². The number of aromatic nitrogens is 1. The van der Waals surface area contributed by atoms with E-state index in [4.69, 9.17) is 4.74 Å². The van der Waals surface area contributed by atoms with Crippen LogP contribution < -0.4 is 9.64 Å². The molecule has 1 amide bonds. The Balaban J connectivity index is 1.98. The quantitative estimate of drug-likeness (QED) is 0.304. The summed E-state index contributed by atoms with van der Waals surface area (Å²) < 4.78 is 5.52.